The maximum Gasteiger partial charge on any atom is 0.197 e. The molecule has 3 saturated carbocycles. The lowest BCUT2D eigenvalue weighted by molar-refractivity contribution is -1.07. The summed E-state index contributed by atoms with van der Waals surface area (Å²) in [5, 5.41) is 1.14. The van der Waals surface area contributed by atoms with Crippen LogP contribution in [0.1, 0.15) is 154 Å². The Balaban J connectivity index is 1.26. The van der Waals surface area contributed by atoms with Gasteiger partial charge < -0.3 is 9.57 Å². The fourth-order valence-corrected chi connectivity index (χ4v) is 20.6. The van der Waals surface area contributed by atoms with Crippen LogP contribution in [-0.2, 0) is 10.2 Å². The van der Waals surface area contributed by atoms with Gasteiger partial charge >= 0.3 is 0 Å². The minimum Gasteiger partial charge on any atom is -0.375 e. The molecule has 9 rings (SSSR count). The highest BCUT2D eigenvalue weighted by atomic mass is 32.2. The average Bonchev–Trinajstić information content (AvgIpc) is 3.60. The summed E-state index contributed by atoms with van der Waals surface area (Å²) in [5.41, 5.74) is 9.55. The zero-order valence-electron chi connectivity index (χ0n) is 38.3. The third-order valence-corrected chi connectivity index (χ3v) is 22.0. The Bertz CT molecular complexity index is 2040. The molecular formula is C53H75FNO2SSi+. The Labute approximate surface area is 362 Å². The fourth-order valence-electron chi connectivity index (χ4n) is 13.3. The second kappa shape index (κ2) is 16.7. The number of unbranched alkanes of at least 4 members (excludes halogenated alkanes) is 10. The smallest absolute Gasteiger partial charge is 0.197 e. The highest BCUT2D eigenvalue weighted by Crippen LogP contribution is 2.74. The predicted octanol–water partition coefficient (Wildman–Crippen LogP) is 14.5. The number of ether oxygens (including phenoxy) is 1. The first kappa shape index (κ1) is 43.3. The third kappa shape index (κ3) is 7.24. The molecule has 2 bridgehead atoms. The van der Waals surface area contributed by atoms with Crippen LogP contribution in [0.4, 0.5) is 4.39 Å². The summed E-state index contributed by atoms with van der Waals surface area (Å²) in [6.45, 7) is 16.6. The fraction of sp³-hybridized carbons (Fsp3) is 0.623. The molecule has 6 atom stereocenters. The summed E-state index contributed by atoms with van der Waals surface area (Å²) in [7, 11) is 4.01. The van der Waals surface area contributed by atoms with Crippen LogP contribution in [0.3, 0.4) is 0 Å². The van der Waals surface area contributed by atoms with Crippen LogP contribution in [-0.4, -0.2) is 50.8 Å². The molecule has 2 aliphatic heterocycles. The van der Waals surface area contributed by atoms with Gasteiger partial charge in [-0.2, -0.15) is 0 Å². The summed E-state index contributed by atoms with van der Waals surface area (Å²) in [4.78, 5) is 8.90. The maximum atomic E-state index is 16.6. The van der Waals surface area contributed by atoms with Crippen LogP contribution < -0.4 is 10.0 Å². The standard InChI is InChI=1S/C53H75FNO2SSi/c1-11-13-15-17-19-21-27-52(28-22-20-18-16-14-12-2)44-30-37(35(3)4)23-25-40(44)41-26-24-38(31-45(41)52)42-32-39(54)33-47-49(42)57-55(6,7)48-50(56-8)43-34-53(51(48)59(47,9)10)46(43)29-36(5)58-53/h23-26,29-33,35,43,46,48,50-51H,11-22,27-28,34H2,1-10H3/q+1/t43?,46?,48?,50?,51-,53?/m1/s1. The Hall–Kier alpha value is -2.38. The van der Waals surface area contributed by atoms with Crippen LogP contribution in [0.2, 0.25) is 18.6 Å². The molecule has 0 saturated heterocycles. The van der Waals surface area contributed by atoms with E-state index in [9.17, 15) is 0 Å². The quantitative estimate of drug-likeness (QED) is 0.0767. The van der Waals surface area contributed by atoms with Gasteiger partial charge in [0, 0.05) is 34.3 Å². The molecule has 3 aromatic carbocycles. The van der Waals surface area contributed by atoms with E-state index in [-0.39, 0.29) is 28.1 Å². The van der Waals surface area contributed by atoms with E-state index in [1.54, 1.807) is 11.6 Å². The van der Waals surface area contributed by atoms with E-state index in [0.717, 1.165) is 34.9 Å². The molecule has 320 valence electrons. The van der Waals surface area contributed by atoms with E-state index in [2.05, 4.69) is 116 Å². The van der Waals surface area contributed by atoms with Gasteiger partial charge in [-0.25, -0.2) is 4.39 Å². The van der Waals surface area contributed by atoms with E-state index in [4.69, 9.17) is 9.57 Å². The van der Waals surface area contributed by atoms with Gasteiger partial charge in [0.15, 0.2) is 11.8 Å². The topological polar surface area (TPSA) is 18.5 Å². The number of methoxy groups -OCH3 is 1. The second-order valence-corrected chi connectivity index (χ2v) is 27.0. The zero-order valence-corrected chi connectivity index (χ0v) is 40.1. The molecule has 1 spiro atoms. The van der Waals surface area contributed by atoms with Crippen molar-refractivity contribution in [1.82, 2.24) is 0 Å². The summed E-state index contributed by atoms with van der Waals surface area (Å²) in [5.74, 6) is 2.25. The van der Waals surface area contributed by atoms with Crippen molar-refractivity contribution in [3.63, 3.8) is 0 Å². The van der Waals surface area contributed by atoms with Gasteiger partial charge in [0.05, 0.1) is 8.07 Å². The normalized spacial score (nSPS) is 27.5. The van der Waals surface area contributed by atoms with E-state index < -0.39 is 8.07 Å². The maximum absolute atomic E-state index is 16.6. The van der Waals surface area contributed by atoms with Gasteiger partial charge in [-0.1, -0.05) is 154 Å². The van der Waals surface area contributed by atoms with Crippen molar-refractivity contribution in [1.29, 1.82) is 0 Å². The molecule has 4 aliphatic carbocycles. The molecule has 0 aromatic heterocycles. The molecule has 6 heteroatoms. The average molecular weight is 837 g/mol. The summed E-state index contributed by atoms with van der Waals surface area (Å²) in [6.07, 6.45) is 21.7. The molecule has 6 aliphatic rings. The van der Waals surface area contributed by atoms with Gasteiger partial charge in [-0.15, -0.1) is 16.4 Å². The second-order valence-electron chi connectivity index (χ2n) is 20.8. The molecule has 0 amide bonds. The third-order valence-electron chi connectivity index (χ3n) is 16.1. The lowest BCUT2D eigenvalue weighted by Crippen LogP contribution is -2.77. The molecular weight excluding hydrogens is 762 g/mol. The van der Waals surface area contributed by atoms with Crippen LogP contribution in [0.25, 0.3) is 22.3 Å². The summed E-state index contributed by atoms with van der Waals surface area (Å²) in [6, 6.07) is 18.4. The molecule has 59 heavy (non-hydrogen) atoms. The van der Waals surface area contributed by atoms with Crippen LogP contribution >= 0.6 is 11.8 Å². The molecule has 3 nitrogen and oxygen atoms in total. The van der Waals surface area contributed by atoms with Gasteiger partial charge in [0.25, 0.3) is 0 Å². The van der Waals surface area contributed by atoms with Crippen LogP contribution in [0.15, 0.2) is 59.5 Å². The van der Waals surface area contributed by atoms with E-state index in [1.165, 1.54) is 111 Å². The van der Waals surface area contributed by atoms with Gasteiger partial charge in [-0.3, -0.25) is 0 Å². The van der Waals surface area contributed by atoms with Crippen molar-refractivity contribution in [2.75, 3.05) is 21.2 Å². The Morgan fingerprint density at radius 2 is 1.44 bits per heavy atom. The first-order valence-electron chi connectivity index (χ1n) is 23.8. The van der Waals surface area contributed by atoms with E-state index in [1.807, 2.05) is 13.2 Å². The number of rotatable bonds is 17. The Morgan fingerprint density at radius 1 is 0.831 bits per heavy atom. The van der Waals surface area contributed by atoms with Gasteiger partial charge in [0.1, 0.15) is 26.0 Å². The van der Waals surface area contributed by atoms with Crippen molar-refractivity contribution >= 4 is 25.0 Å². The number of nitrogens with zero attached hydrogens (tertiary/aromatic N) is 1. The Kier molecular flexibility index (Phi) is 12.3. The first-order valence-corrected chi connectivity index (χ1v) is 27.7. The van der Waals surface area contributed by atoms with Crippen molar-refractivity contribution in [2.24, 2.45) is 11.8 Å². The predicted molar refractivity (Wildman–Crippen MR) is 252 cm³/mol. The van der Waals surface area contributed by atoms with Gasteiger partial charge in [-0.05, 0) is 99.7 Å². The molecule has 3 fully saturated rings. The Morgan fingerprint density at radius 3 is 2.07 bits per heavy atom. The number of halogens is 1. The van der Waals surface area contributed by atoms with Crippen LogP contribution in [0.5, 0.6) is 5.75 Å². The van der Waals surface area contributed by atoms with Crippen molar-refractivity contribution in [2.45, 2.75) is 178 Å². The lowest BCUT2D eigenvalue weighted by Gasteiger charge is -2.67. The number of fused-ring (bicyclic) bond motifs is 4. The lowest BCUT2D eigenvalue weighted by atomic mass is 9.53. The molecule has 0 radical (unpaired) electrons. The highest BCUT2D eigenvalue weighted by molar-refractivity contribution is 8.04. The van der Waals surface area contributed by atoms with Crippen molar-refractivity contribution in [3.05, 3.63) is 82.0 Å². The zero-order chi connectivity index (χ0) is 41.9. The summed E-state index contributed by atoms with van der Waals surface area (Å²) < 4.78 is 23.6. The monoisotopic (exact) mass is 837 g/mol. The minimum absolute atomic E-state index is 0.0596. The number of benzene rings is 3. The number of quaternary nitrogens is 1. The van der Waals surface area contributed by atoms with E-state index in [0.29, 0.717) is 27.9 Å². The van der Waals surface area contributed by atoms with E-state index >= 15 is 4.39 Å². The largest absolute Gasteiger partial charge is 0.375 e. The van der Waals surface area contributed by atoms with Crippen molar-refractivity contribution in [3.8, 4) is 28.0 Å². The number of hydroxylamine groups is 3. The minimum atomic E-state index is -2.41. The highest BCUT2D eigenvalue weighted by Gasteiger charge is 2.77. The number of thioether (sulfide) groups is 1. The molecule has 3 aromatic rings. The van der Waals surface area contributed by atoms with Gasteiger partial charge in [0.2, 0.25) is 0 Å². The SMILES string of the molecule is CCCCCCCCC1(CCCCCCCC)c2cc(-c3cc(F)cc4c3O[N+](C)(C)C3C(OC)C5CC6(SC(C)=CC56)[C@@H]3[Si]4(C)C)ccc2-c2ccc(C(C)C)cc21. The number of hydrogen-bond donors (Lipinski definition) is 0. The van der Waals surface area contributed by atoms with Crippen molar-refractivity contribution < 1.29 is 18.6 Å². The molecule has 0 N–H and O–H groups in total. The van der Waals surface area contributed by atoms with Crippen LogP contribution in [0, 0.1) is 17.7 Å². The first-order chi connectivity index (χ1) is 28.2. The number of hydrogen-bond acceptors (Lipinski definition) is 3. The number of allylic oxidation sites excluding steroid dienone is 2. The number of likely N-dealkylation sites (N-methyl/N-ethyl adjacent to an activating group) is 1. The summed E-state index contributed by atoms with van der Waals surface area (Å²) >= 11 is 2.12. The molecule has 2 heterocycles. The molecule has 5 unspecified atom stereocenters.